The van der Waals surface area contributed by atoms with E-state index < -0.39 is 11.5 Å². The van der Waals surface area contributed by atoms with Crippen LogP contribution in [-0.4, -0.2) is 51.8 Å². The summed E-state index contributed by atoms with van der Waals surface area (Å²) in [6.07, 6.45) is 3.70. The van der Waals surface area contributed by atoms with E-state index in [2.05, 4.69) is 5.32 Å². The second-order valence-corrected chi connectivity index (χ2v) is 5.28. The highest BCUT2D eigenvalue weighted by molar-refractivity contribution is 5.86. The molecule has 1 heterocycles. The van der Waals surface area contributed by atoms with Crippen LogP contribution in [0, 0.1) is 0 Å². The van der Waals surface area contributed by atoms with Crippen LogP contribution in [0.3, 0.4) is 0 Å². The lowest BCUT2D eigenvalue weighted by Gasteiger charge is -2.37. The summed E-state index contributed by atoms with van der Waals surface area (Å²) in [5.41, 5.74) is -1.24. The third-order valence-electron chi connectivity index (χ3n) is 3.91. The molecule has 6 heteroatoms. The maximum atomic E-state index is 12.2. The van der Waals surface area contributed by atoms with Crippen LogP contribution in [0.1, 0.15) is 46.0 Å². The van der Waals surface area contributed by atoms with Crippen molar-refractivity contribution in [2.45, 2.75) is 57.5 Å². The van der Waals surface area contributed by atoms with Gasteiger partial charge in [0.15, 0.2) is 0 Å². The van der Waals surface area contributed by atoms with Gasteiger partial charge in [-0.05, 0) is 39.0 Å². The molecular formula is C13H24N2O4. The van der Waals surface area contributed by atoms with E-state index in [4.69, 9.17) is 5.11 Å². The number of carboxylic acid groups (broad SMARTS) is 1. The number of urea groups is 1. The highest BCUT2D eigenvalue weighted by Gasteiger charge is 2.36. The van der Waals surface area contributed by atoms with Crippen molar-refractivity contribution >= 4 is 12.0 Å². The minimum atomic E-state index is -1.24. The van der Waals surface area contributed by atoms with Gasteiger partial charge in [0.1, 0.15) is 5.54 Å². The summed E-state index contributed by atoms with van der Waals surface area (Å²) in [6, 6.07) is -0.335. The smallest absolute Gasteiger partial charge is 0.329 e. The Morgan fingerprint density at radius 2 is 2.11 bits per heavy atom. The van der Waals surface area contributed by atoms with E-state index in [1.54, 1.807) is 11.8 Å². The Kier molecular flexibility index (Phi) is 5.60. The lowest BCUT2D eigenvalue weighted by atomic mass is 9.98. The number of aliphatic hydroxyl groups excluding tert-OH is 1. The fraction of sp³-hybridized carbons (Fsp3) is 0.846. The number of nitrogens with zero attached hydrogens (tertiary/aromatic N) is 1. The first-order valence-corrected chi connectivity index (χ1v) is 6.87. The summed E-state index contributed by atoms with van der Waals surface area (Å²) < 4.78 is 0. The largest absolute Gasteiger partial charge is 0.480 e. The number of carbonyl (C=O) groups excluding carboxylic acids is 1. The van der Waals surface area contributed by atoms with Crippen molar-refractivity contribution in [3.05, 3.63) is 0 Å². The SMILES string of the molecule is CCC(C)(NC(=O)N1CCCCC1CCO)C(=O)O. The van der Waals surface area contributed by atoms with Gasteiger partial charge in [0.2, 0.25) is 0 Å². The molecule has 1 aliphatic rings. The number of hydrogen-bond donors (Lipinski definition) is 3. The Labute approximate surface area is 113 Å². The molecule has 0 aromatic rings. The van der Waals surface area contributed by atoms with Crippen LogP contribution in [-0.2, 0) is 4.79 Å². The molecular weight excluding hydrogens is 248 g/mol. The van der Waals surface area contributed by atoms with Gasteiger partial charge in [-0.15, -0.1) is 0 Å². The number of amides is 2. The Morgan fingerprint density at radius 3 is 2.63 bits per heavy atom. The van der Waals surface area contributed by atoms with Crippen molar-refractivity contribution in [3.63, 3.8) is 0 Å². The van der Waals surface area contributed by atoms with Gasteiger partial charge in [0.05, 0.1) is 0 Å². The number of carbonyl (C=O) groups is 2. The number of aliphatic hydroxyl groups is 1. The van der Waals surface area contributed by atoms with Gasteiger partial charge in [0.25, 0.3) is 0 Å². The fourth-order valence-corrected chi connectivity index (χ4v) is 2.32. The molecule has 19 heavy (non-hydrogen) atoms. The summed E-state index contributed by atoms with van der Waals surface area (Å²) >= 11 is 0. The van der Waals surface area contributed by atoms with Crippen LogP contribution < -0.4 is 5.32 Å². The Balaban J connectivity index is 2.71. The average molecular weight is 272 g/mol. The second kappa shape index (κ2) is 6.75. The third kappa shape index (κ3) is 3.83. The molecule has 0 aromatic carbocycles. The quantitative estimate of drug-likeness (QED) is 0.701. The summed E-state index contributed by atoms with van der Waals surface area (Å²) in [7, 11) is 0. The highest BCUT2D eigenvalue weighted by Crippen LogP contribution is 2.20. The molecule has 1 saturated heterocycles. The summed E-state index contributed by atoms with van der Waals surface area (Å²) in [5.74, 6) is -1.03. The predicted molar refractivity (Wildman–Crippen MR) is 70.9 cm³/mol. The normalized spacial score (nSPS) is 22.7. The molecule has 0 spiro atoms. The van der Waals surface area contributed by atoms with Crippen molar-refractivity contribution in [2.24, 2.45) is 0 Å². The summed E-state index contributed by atoms with van der Waals surface area (Å²) in [4.78, 5) is 25.1. The van der Waals surface area contributed by atoms with Crippen LogP contribution in [0.25, 0.3) is 0 Å². The molecule has 0 aliphatic carbocycles. The van der Waals surface area contributed by atoms with Gasteiger partial charge in [-0.25, -0.2) is 9.59 Å². The second-order valence-electron chi connectivity index (χ2n) is 5.28. The molecule has 6 nitrogen and oxygen atoms in total. The van der Waals surface area contributed by atoms with Crippen LogP contribution >= 0.6 is 0 Å². The van der Waals surface area contributed by atoms with Gasteiger partial charge in [-0.2, -0.15) is 0 Å². The van der Waals surface area contributed by atoms with Crippen molar-refractivity contribution in [3.8, 4) is 0 Å². The van der Waals surface area contributed by atoms with Crippen LogP contribution in [0.2, 0.25) is 0 Å². The third-order valence-corrected chi connectivity index (χ3v) is 3.91. The first kappa shape index (κ1) is 15.8. The van der Waals surface area contributed by atoms with E-state index in [9.17, 15) is 14.7 Å². The number of nitrogens with one attached hydrogen (secondary N) is 1. The molecule has 2 amide bonds. The standard InChI is InChI=1S/C13H24N2O4/c1-3-13(2,11(17)18)14-12(19)15-8-5-4-6-10(15)7-9-16/h10,16H,3-9H2,1-2H3,(H,14,19)(H,17,18). The van der Waals surface area contributed by atoms with Crippen LogP contribution in [0.4, 0.5) is 4.79 Å². The number of hydrogen-bond acceptors (Lipinski definition) is 3. The lowest BCUT2D eigenvalue weighted by Crippen LogP contribution is -2.58. The molecule has 110 valence electrons. The molecule has 1 rings (SSSR count). The lowest BCUT2D eigenvalue weighted by molar-refractivity contribution is -0.143. The molecule has 1 fully saturated rings. The summed E-state index contributed by atoms with van der Waals surface area (Å²) in [5, 5.41) is 20.8. The Hall–Kier alpha value is -1.30. The molecule has 0 radical (unpaired) electrons. The molecule has 0 bridgehead atoms. The number of carboxylic acids is 1. The molecule has 2 atom stereocenters. The van der Waals surface area contributed by atoms with Crippen molar-refractivity contribution in [1.29, 1.82) is 0 Å². The van der Waals surface area contributed by atoms with Crippen molar-refractivity contribution in [2.75, 3.05) is 13.2 Å². The number of likely N-dealkylation sites (tertiary alicyclic amines) is 1. The minimum absolute atomic E-state index is 0.00801. The molecule has 0 aromatic heterocycles. The number of rotatable bonds is 5. The zero-order valence-electron chi connectivity index (χ0n) is 11.7. The number of aliphatic carboxylic acids is 1. The first-order chi connectivity index (χ1) is 8.94. The Morgan fingerprint density at radius 1 is 1.42 bits per heavy atom. The van der Waals surface area contributed by atoms with E-state index >= 15 is 0 Å². The number of piperidine rings is 1. The molecule has 1 aliphatic heterocycles. The topological polar surface area (TPSA) is 89.9 Å². The maximum Gasteiger partial charge on any atom is 0.329 e. The average Bonchev–Trinajstić information content (AvgIpc) is 2.39. The highest BCUT2D eigenvalue weighted by atomic mass is 16.4. The van der Waals surface area contributed by atoms with Gasteiger partial charge in [-0.1, -0.05) is 6.92 Å². The van der Waals surface area contributed by atoms with Crippen LogP contribution in [0.15, 0.2) is 0 Å². The van der Waals surface area contributed by atoms with Crippen molar-refractivity contribution < 1.29 is 19.8 Å². The summed E-state index contributed by atoms with van der Waals surface area (Å²) in [6.45, 7) is 3.91. The maximum absolute atomic E-state index is 12.2. The molecule has 0 saturated carbocycles. The first-order valence-electron chi connectivity index (χ1n) is 6.87. The van der Waals surface area contributed by atoms with E-state index in [1.807, 2.05) is 0 Å². The van der Waals surface area contributed by atoms with Crippen molar-refractivity contribution in [1.82, 2.24) is 10.2 Å². The van der Waals surface area contributed by atoms with Crippen LogP contribution in [0.5, 0.6) is 0 Å². The predicted octanol–water partition coefficient (Wildman–Crippen LogP) is 1.19. The van der Waals surface area contributed by atoms with E-state index in [1.165, 1.54) is 6.92 Å². The van der Waals surface area contributed by atoms with Gasteiger partial charge in [0, 0.05) is 19.2 Å². The molecule has 2 unspecified atom stereocenters. The zero-order chi connectivity index (χ0) is 14.5. The van der Waals surface area contributed by atoms with E-state index in [0.717, 1.165) is 19.3 Å². The fourth-order valence-electron chi connectivity index (χ4n) is 2.32. The van der Waals surface area contributed by atoms with Gasteiger partial charge >= 0.3 is 12.0 Å². The molecule has 3 N–H and O–H groups in total. The van der Waals surface area contributed by atoms with E-state index in [0.29, 0.717) is 19.4 Å². The Bertz CT molecular complexity index is 333. The van der Waals surface area contributed by atoms with Gasteiger partial charge < -0.3 is 20.4 Å². The monoisotopic (exact) mass is 272 g/mol. The minimum Gasteiger partial charge on any atom is -0.480 e. The van der Waals surface area contributed by atoms with Gasteiger partial charge in [-0.3, -0.25) is 0 Å². The zero-order valence-corrected chi connectivity index (χ0v) is 11.7. The van der Waals surface area contributed by atoms with E-state index in [-0.39, 0.29) is 18.7 Å².